The van der Waals surface area contributed by atoms with Gasteiger partial charge in [0, 0.05) is 5.56 Å². The molecular formula is C8H5ClF2N2O. The molecule has 0 unspecified atom stereocenters. The van der Waals surface area contributed by atoms with E-state index < -0.39 is 18.6 Å². The average molecular weight is 219 g/mol. The zero-order chi connectivity index (χ0) is 10.7. The average Bonchev–Trinajstić information content (AvgIpc) is 2.16. The lowest BCUT2D eigenvalue weighted by atomic mass is 10.1. The second kappa shape index (κ2) is 4.31. The number of alkyl halides is 2. The smallest absolute Gasteiger partial charge is 0.265 e. The summed E-state index contributed by atoms with van der Waals surface area (Å²) in [7, 11) is 0. The predicted octanol–water partition coefficient (Wildman–Crippen LogP) is 2.04. The first-order valence-corrected chi connectivity index (χ1v) is 3.96. The Balaban J connectivity index is 3.34. The Labute approximate surface area is 83.6 Å². The molecule has 0 bridgehead atoms. The van der Waals surface area contributed by atoms with Gasteiger partial charge in [-0.25, -0.2) is 13.8 Å². The van der Waals surface area contributed by atoms with Crippen molar-refractivity contribution >= 4 is 11.6 Å². The molecule has 0 fully saturated rings. The van der Waals surface area contributed by atoms with Crippen molar-refractivity contribution in [2.75, 3.05) is 0 Å². The summed E-state index contributed by atoms with van der Waals surface area (Å²) in [6.45, 7) is -0.634. The van der Waals surface area contributed by atoms with Gasteiger partial charge < -0.3 is 5.11 Å². The molecule has 1 aromatic heterocycles. The van der Waals surface area contributed by atoms with Gasteiger partial charge in [0.25, 0.3) is 6.43 Å². The molecule has 0 atom stereocenters. The SMILES string of the molecule is N#Cc1cc(C(F)F)c(CO)nc1Cl. The minimum absolute atomic E-state index is 0.126. The molecule has 1 aromatic rings. The normalized spacial score (nSPS) is 10.3. The van der Waals surface area contributed by atoms with Gasteiger partial charge in [-0.3, -0.25) is 0 Å². The third-order valence-electron chi connectivity index (χ3n) is 1.59. The summed E-state index contributed by atoms with van der Waals surface area (Å²) < 4.78 is 24.7. The van der Waals surface area contributed by atoms with Crippen molar-refractivity contribution in [3.05, 3.63) is 28.0 Å². The lowest BCUT2D eigenvalue weighted by Gasteiger charge is -2.06. The van der Waals surface area contributed by atoms with Gasteiger partial charge in [0.15, 0.2) is 0 Å². The molecule has 1 N–H and O–H groups in total. The zero-order valence-electron chi connectivity index (χ0n) is 6.84. The van der Waals surface area contributed by atoms with Crippen LogP contribution in [0, 0.1) is 11.3 Å². The summed E-state index contributed by atoms with van der Waals surface area (Å²) in [6.07, 6.45) is -2.78. The van der Waals surface area contributed by atoms with Crippen LogP contribution in [-0.4, -0.2) is 10.1 Å². The van der Waals surface area contributed by atoms with E-state index in [2.05, 4.69) is 4.98 Å². The second-order valence-electron chi connectivity index (χ2n) is 2.43. The van der Waals surface area contributed by atoms with E-state index in [1.54, 1.807) is 6.07 Å². The summed E-state index contributed by atoms with van der Waals surface area (Å²) in [5.74, 6) is 0. The first-order chi connectivity index (χ1) is 6.60. The molecule has 0 spiro atoms. The molecule has 14 heavy (non-hydrogen) atoms. The first-order valence-electron chi connectivity index (χ1n) is 3.58. The van der Waals surface area contributed by atoms with Gasteiger partial charge in [-0.15, -0.1) is 0 Å². The van der Waals surface area contributed by atoms with Crippen molar-refractivity contribution in [2.45, 2.75) is 13.0 Å². The Bertz CT molecular complexity index is 390. The summed E-state index contributed by atoms with van der Waals surface area (Å²) in [4.78, 5) is 3.50. The van der Waals surface area contributed by atoms with E-state index in [1.807, 2.05) is 0 Å². The van der Waals surface area contributed by atoms with E-state index >= 15 is 0 Å². The number of halogens is 3. The second-order valence-corrected chi connectivity index (χ2v) is 2.79. The van der Waals surface area contributed by atoms with Gasteiger partial charge in [-0.2, -0.15) is 5.26 Å². The van der Waals surface area contributed by atoms with E-state index in [-0.39, 0.29) is 16.4 Å². The lowest BCUT2D eigenvalue weighted by Crippen LogP contribution is -2.00. The standard InChI is InChI=1S/C8H5ClF2N2O/c9-7-4(2-12)1-5(8(10)11)6(3-14)13-7/h1,8,14H,3H2. The fourth-order valence-corrected chi connectivity index (χ4v) is 1.13. The van der Waals surface area contributed by atoms with Gasteiger partial charge in [-0.05, 0) is 6.07 Å². The van der Waals surface area contributed by atoms with E-state index in [0.29, 0.717) is 0 Å². The van der Waals surface area contributed by atoms with Crippen molar-refractivity contribution < 1.29 is 13.9 Å². The molecule has 1 heterocycles. The van der Waals surface area contributed by atoms with Crippen LogP contribution in [0.3, 0.4) is 0 Å². The first kappa shape index (κ1) is 10.8. The number of nitrogens with zero attached hydrogens (tertiary/aromatic N) is 2. The fourth-order valence-electron chi connectivity index (χ4n) is 0.936. The van der Waals surface area contributed by atoms with E-state index in [9.17, 15) is 8.78 Å². The van der Waals surface area contributed by atoms with Crippen LogP contribution in [0.5, 0.6) is 0 Å². The van der Waals surface area contributed by atoms with Crippen molar-refractivity contribution in [1.82, 2.24) is 4.98 Å². The maximum absolute atomic E-state index is 12.4. The maximum Gasteiger partial charge on any atom is 0.265 e. The van der Waals surface area contributed by atoms with Gasteiger partial charge in [0.2, 0.25) is 0 Å². The number of nitriles is 1. The van der Waals surface area contributed by atoms with Gasteiger partial charge in [0.05, 0.1) is 17.9 Å². The Morgan fingerprint density at radius 1 is 1.64 bits per heavy atom. The van der Waals surface area contributed by atoms with Crippen molar-refractivity contribution in [1.29, 1.82) is 5.26 Å². The summed E-state index contributed by atoms with van der Waals surface area (Å²) >= 11 is 5.50. The van der Waals surface area contributed by atoms with Crippen LogP contribution < -0.4 is 0 Å². The number of hydrogen-bond acceptors (Lipinski definition) is 3. The highest BCUT2D eigenvalue weighted by molar-refractivity contribution is 6.30. The molecule has 0 aromatic carbocycles. The number of aliphatic hydroxyl groups is 1. The monoisotopic (exact) mass is 218 g/mol. The summed E-state index contributed by atoms with van der Waals surface area (Å²) in [5, 5.41) is 17.0. The molecule has 74 valence electrons. The Morgan fingerprint density at radius 2 is 2.29 bits per heavy atom. The maximum atomic E-state index is 12.4. The molecular weight excluding hydrogens is 214 g/mol. The van der Waals surface area contributed by atoms with Crippen LogP contribution in [0.15, 0.2) is 6.07 Å². The largest absolute Gasteiger partial charge is 0.390 e. The molecule has 0 aliphatic carbocycles. The number of rotatable bonds is 2. The van der Waals surface area contributed by atoms with E-state index in [1.165, 1.54) is 0 Å². The third kappa shape index (κ3) is 1.97. The molecule has 0 saturated carbocycles. The summed E-state index contributed by atoms with van der Waals surface area (Å²) in [5.41, 5.74) is -0.795. The molecule has 0 amide bonds. The molecule has 0 aliphatic rings. The highest BCUT2D eigenvalue weighted by atomic mass is 35.5. The molecule has 6 heteroatoms. The van der Waals surface area contributed by atoms with Crippen LogP contribution >= 0.6 is 11.6 Å². The number of aliphatic hydroxyl groups excluding tert-OH is 1. The number of aromatic nitrogens is 1. The zero-order valence-corrected chi connectivity index (χ0v) is 7.59. The van der Waals surface area contributed by atoms with Crippen LogP contribution in [-0.2, 0) is 6.61 Å². The quantitative estimate of drug-likeness (QED) is 0.773. The highest BCUT2D eigenvalue weighted by Crippen LogP contribution is 2.25. The van der Waals surface area contributed by atoms with Crippen LogP contribution in [0.1, 0.15) is 23.2 Å². The molecule has 1 rings (SSSR count). The van der Waals surface area contributed by atoms with Crippen LogP contribution in [0.25, 0.3) is 0 Å². The predicted molar refractivity (Wildman–Crippen MR) is 44.8 cm³/mol. The third-order valence-corrected chi connectivity index (χ3v) is 1.88. The molecule has 3 nitrogen and oxygen atoms in total. The van der Waals surface area contributed by atoms with Gasteiger partial charge in [-0.1, -0.05) is 11.6 Å². The van der Waals surface area contributed by atoms with Crippen LogP contribution in [0.4, 0.5) is 8.78 Å². The van der Waals surface area contributed by atoms with E-state index in [4.69, 9.17) is 22.0 Å². The lowest BCUT2D eigenvalue weighted by molar-refractivity contribution is 0.146. The minimum atomic E-state index is -2.78. The van der Waals surface area contributed by atoms with E-state index in [0.717, 1.165) is 6.07 Å². The molecule has 0 aliphatic heterocycles. The van der Waals surface area contributed by atoms with Crippen molar-refractivity contribution in [3.63, 3.8) is 0 Å². The van der Waals surface area contributed by atoms with Crippen LogP contribution in [0.2, 0.25) is 5.15 Å². The highest BCUT2D eigenvalue weighted by Gasteiger charge is 2.16. The minimum Gasteiger partial charge on any atom is -0.390 e. The fraction of sp³-hybridized carbons (Fsp3) is 0.250. The molecule has 0 saturated heterocycles. The van der Waals surface area contributed by atoms with Gasteiger partial charge in [0.1, 0.15) is 11.2 Å². The topological polar surface area (TPSA) is 56.9 Å². The molecule has 0 radical (unpaired) electrons. The Hall–Kier alpha value is -1.25. The Kier molecular flexibility index (Phi) is 3.33. The van der Waals surface area contributed by atoms with Gasteiger partial charge >= 0.3 is 0 Å². The number of pyridine rings is 1. The van der Waals surface area contributed by atoms with Crippen molar-refractivity contribution in [2.24, 2.45) is 0 Å². The van der Waals surface area contributed by atoms with Crippen molar-refractivity contribution in [3.8, 4) is 6.07 Å². The Morgan fingerprint density at radius 3 is 2.71 bits per heavy atom. The summed E-state index contributed by atoms with van der Waals surface area (Å²) in [6, 6.07) is 2.57. The number of hydrogen-bond donors (Lipinski definition) is 1.